The molecule has 0 spiro atoms. The van der Waals surface area contributed by atoms with Gasteiger partial charge in [0.15, 0.2) is 0 Å². The van der Waals surface area contributed by atoms with Crippen molar-refractivity contribution in [1.82, 2.24) is 14.3 Å². The van der Waals surface area contributed by atoms with E-state index in [9.17, 15) is 9.59 Å². The molecule has 0 atom stereocenters. The van der Waals surface area contributed by atoms with Gasteiger partial charge in [0.2, 0.25) is 5.91 Å². The van der Waals surface area contributed by atoms with Crippen molar-refractivity contribution in [2.45, 2.75) is 20.0 Å². The SMILES string of the molecule is Cc1ccc(Cn2c3ccccc3c3cnn(CC(=O)Nc4ccccc4Cl)c(=O)c32)cc1. The minimum Gasteiger partial charge on any atom is -0.331 e. The van der Waals surface area contributed by atoms with Gasteiger partial charge in [-0.1, -0.05) is 71.8 Å². The summed E-state index contributed by atoms with van der Waals surface area (Å²) in [5.41, 5.74) is 3.92. The molecule has 33 heavy (non-hydrogen) atoms. The first-order valence-electron chi connectivity index (χ1n) is 10.6. The number of hydrogen-bond donors (Lipinski definition) is 1. The fourth-order valence-corrected chi connectivity index (χ4v) is 4.22. The molecular weight excluding hydrogens is 436 g/mol. The lowest BCUT2D eigenvalue weighted by Crippen LogP contribution is -2.30. The summed E-state index contributed by atoms with van der Waals surface area (Å²) in [7, 11) is 0. The van der Waals surface area contributed by atoms with Crippen molar-refractivity contribution in [2.24, 2.45) is 0 Å². The van der Waals surface area contributed by atoms with Crippen LogP contribution in [0, 0.1) is 6.92 Å². The first-order chi connectivity index (χ1) is 16.0. The third-order valence-electron chi connectivity index (χ3n) is 5.68. The van der Waals surface area contributed by atoms with E-state index in [-0.39, 0.29) is 18.0 Å². The van der Waals surface area contributed by atoms with Crippen molar-refractivity contribution in [3.8, 4) is 0 Å². The van der Waals surface area contributed by atoms with Gasteiger partial charge < -0.3 is 9.88 Å². The Balaban J connectivity index is 1.57. The van der Waals surface area contributed by atoms with Crippen molar-refractivity contribution in [3.05, 3.63) is 105 Å². The zero-order valence-corrected chi connectivity index (χ0v) is 18.7. The first-order valence-corrected chi connectivity index (χ1v) is 11.0. The number of rotatable bonds is 5. The van der Waals surface area contributed by atoms with Gasteiger partial charge in [0.25, 0.3) is 5.56 Å². The molecule has 3 aromatic carbocycles. The molecule has 2 aromatic heterocycles. The molecule has 0 aliphatic carbocycles. The summed E-state index contributed by atoms with van der Waals surface area (Å²) in [6.07, 6.45) is 1.66. The molecule has 1 amide bonds. The smallest absolute Gasteiger partial charge is 0.291 e. The summed E-state index contributed by atoms with van der Waals surface area (Å²) in [5, 5.41) is 9.19. The number of carbonyl (C=O) groups is 1. The number of aryl methyl sites for hydroxylation is 1. The van der Waals surface area contributed by atoms with Gasteiger partial charge in [-0.3, -0.25) is 9.59 Å². The van der Waals surface area contributed by atoms with Crippen LogP contribution >= 0.6 is 11.6 Å². The second-order valence-electron chi connectivity index (χ2n) is 7.99. The first kappa shape index (κ1) is 21.0. The molecule has 6 nitrogen and oxygen atoms in total. The van der Waals surface area contributed by atoms with Crippen LogP contribution in [-0.2, 0) is 17.9 Å². The monoisotopic (exact) mass is 456 g/mol. The van der Waals surface area contributed by atoms with E-state index in [4.69, 9.17) is 11.6 Å². The molecule has 0 saturated heterocycles. The third kappa shape index (κ3) is 4.01. The van der Waals surface area contributed by atoms with E-state index >= 15 is 0 Å². The molecule has 0 saturated carbocycles. The molecule has 5 rings (SSSR count). The van der Waals surface area contributed by atoms with Crippen molar-refractivity contribution < 1.29 is 4.79 Å². The number of aromatic nitrogens is 3. The lowest BCUT2D eigenvalue weighted by Gasteiger charge is -2.10. The van der Waals surface area contributed by atoms with Gasteiger partial charge in [-0.25, -0.2) is 4.68 Å². The summed E-state index contributed by atoms with van der Waals surface area (Å²) in [6, 6.07) is 23.1. The number of nitrogens with one attached hydrogen (secondary N) is 1. The van der Waals surface area contributed by atoms with Crippen molar-refractivity contribution in [3.63, 3.8) is 0 Å². The highest BCUT2D eigenvalue weighted by atomic mass is 35.5. The van der Waals surface area contributed by atoms with E-state index in [0.717, 1.165) is 21.9 Å². The quantitative estimate of drug-likeness (QED) is 0.404. The average molecular weight is 457 g/mol. The maximum atomic E-state index is 13.5. The maximum absolute atomic E-state index is 13.5. The molecule has 1 N–H and O–H groups in total. The molecular formula is C26H21ClN4O2. The fourth-order valence-electron chi connectivity index (χ4n) is 4.03. The fraction of sp³-hybridized carbons (Fsp3) is 0.115. The predicted octanol–water partition coefficient (Wildman–Crippen LogP) is 5.00. The Morgan fingerprint density at radius 3 is 2.48 bits per heavy atom. The highest BCUT2D eigenvalue weighted by Crippen LogP contribution is 2.27. The van der Waals surface area contributed by atoms with Crippen LogP contribution in [0.15, 0.2) is 83.8 Å². The van der Waals surface area contributed by atoms with E-state index in [1.165, 1.54) is 10.2 Å². The van der Waals surface area contributed by atoms with Crippen LogP contribution in [0.25, 0.3) is 21.8 Å². The lowest BCUT2D eigenvalue weighted by atomic mass is 10.1. The molecule has 0 aliphatic rings. The lowest BCUT2D eigenvalue weighted by molar-refractivity contribution is -0.117. The molecule has 0 radical (unpaired) electrons. The standard InChI is InChI=1S/C26H21ClN4O2/c1-17-10-12-18(13-11-17)15-30-23-9-5-2-6-19(23)20-14-28-31(26(33)25(20)30)16-24(32)29-22-8-4-3-7-21(22)27/h2-14H,15-16H2,1H3,(H,29,32). The van der Waals surface area contributed by atoms with Crippen LogP contribution in [0.4, 0.5) is 5.69 Å². The zero-order chi connectivity index (χ0) is 22.9. The number of fused-ring (bicyclic) bond motifs is 3. The van der Waals surface area contributed by atoms with Gasteiger partial charge in [-0.15, -0.1) is 0 Å². The summed E-state index contributed by atoms with van der Waals surface area (Å²) in [6.45, 7) is 2.36. The topological polar surface area (TPSA) is 68.9 Å². The second-order valence-corrected chi connectivity index (χ2v) is 8.39. The van der Waals surface area contributed by atoms with Crippen LogP contribution in [-0.4, -0.2) is 20.3 Å². The number of anilines is 1. The highest BCUT2D eigenvalue weighted by Gasteiger charge is 2.17. The normalized spacial score (nSPS) is 11.2. The van der Waals surface area contributed by atoms with Crippen LogP contribution < -0.4 is 10.9 Å². The van der Waals surface area contributed by atoms with E-state index in [2.05, 4.69) is 34.7 Å². The van der Waals surface area contributed by atoms with Crippen LogP contribution in [0.1, 0.15) is 11.1 Å². The van der Waals surface area contributed by atoms with Gasteiger partial charge in [0, 0.05) is 22.8 Å². The Morgan fingerprint density at radius 1 is 0.970 bits per heavy atom. The third-order valence-corrected chi connectivity index (χ3v) is 6.01. The predicted molar refractivity (Wildman–Crippen MR) is 132 cm³/mol. The average Bonchev–Trinajstić information content (AvgIpc) is 3.13. The number of amides is 1. The van der Waals surface area contributed by atoms with E-state index in [0.29, 0.717) is 22.8 Å². The summed E-state index contributed by atoms with van der Waals surface area (Å²) in [4.78, 5) is 26.1. The minimum atomic E-state index is -0.377. The molecule has 5 aromatic rings. The number of benzene rings is 3. The van der Waals surface area contributed by atoms with Gasteiger partial charge in [-0.05, 0) is 30.7 Å². The van der Waals surface area contributed by atoms with Gasteiger partial charge in [-0.2, -0.15) is 5.10 Å². The van der Waals surface area contributed by atoms with E-state index in [1.807, 2.05) is 35.8 Å². The Bertz CT molecular complexity index is 1550. The van der Waals surface area contributed by atoms with E-state index in [1.54, 1.807) is 30.5 Å². The number of nitrogens with zero attached hydrogens (tertiary/aromatic N) is 3. The van der Waals surface area contributed by atoms with Gasteiger partial charge >= 0.3 is 0 Å². The summed E-state index contributed by atoms with van der Waals surface area (Å²) in [5.74, 6) is -0.377. The summed E-state index contributed by atoms with van der Waals surface area (Å²) < 4.78 is 3.20. The largest absolute Gasteiger partial charge is 0.331 e. The molecule has 164 valence electrons. The Labute approximate surface area is 195 Å². The molecule has 0 aliphatic heterocycles. The van der Waals surface area contributed by atoms with Crippen LogP contribution in [0.3, 0.4) is 0 Å². The number of halogens is 1. The van der Waals surface area contributed by atoms with Gasteiger partial charge in [0.1, 0.15) is 12.1 Å². The van der Waals surface area contributed by atoms with Crippen molar-refractivity contribution in [2.75, 3.05) is 5.32 Å². The highest BCUT2D eigenvalue weighted by molar-refractivity contribution is 6.33. The van der Waals surface area contributed by atoms with Gasteiger partial charge in [0.05, 0.1) is 16.9 Å². The van der Waals surface area contributed by atoms with Crippen molar-refractivity contribution >= 4 is 45.0 Å². The Kier molecular flexibility index (Phi) is 5.44. The second kappa shape index (κ2) is 8.56. The molecule has 0 fully saturated rings. The minimum absolute atomic E-state index is 0.216. The number of carbonyl (C=O) groups excluding carboxylic acids is 1. The summed E-state index contributed by atoms with van der Waals surface area (Å²) >= 11 is 6.13. The maximum Gasteiger partial charge on any atom is 0.291 e. The Morgan fingerprint density at radius 2 is 1.70 bits per heavy atom. The molecule has 0 unspecified atom stereocenters. The molecule has 7 heteroatoms. The molecule has 2 heterocycles. The Hall–Kier alpha value is -3.90. The molecule has 0 bridgehead atoms. The zero-order valence-electron chi connectivity index (χ0n) is 18.0. The van der Waals surface area contributed by atoms with E-state index < -0.39 is 0 Å². The van der Waals surface area contributed by atoms with Crippen LogP contribution in [0.5, 0.6) is 0 Å². The number of para-hydroxylation sites is 2. The van der Waals surface area contributed by atoms with Crippen LogP contribution in [0.2, 0.25) is 5.02 Å². The van der Waals surface area contributed by atoms with Crippen molar-refractivity contribution in [1.29, 1.82) is 0 Å². The number of hydrogen-bond acceptors (Lipinski definition) is 3.